The smallest absolute Gasteiger partial charge is 0.344 e. The van der Waals surface area contributed by atoms with E-state index in [0.717, 1.165) is 12.7 Å². The molecule has 2 N–H and O–H groups in total. The van der Waals surface area contributed by atoms with Gasteiger partial charge in [-0.3, -0.25) is 4.79 Å². The number of esters is 2. The van der Waals surface area contributed by atoms with Crippen LogP contribution >= 0.6 is 0 Å². The van der Waals surface area contributed by atoms with Gasteiger partial charge >= 0.3 is 11.9 Å². The van der Waals surface area contributed by atoms with Crippen molar-refractivity contribution >= 4 is 11.9 Å². The molecule has 6 heteroatoms. The third-order valence-electron chi connectivity index (χ3n) is 4.03. The maximum atomic E-state index is 12.0. The van der Waals surface area contributed by atoms with E-state index in [-0.39, 0.29) is 18.3 Å². The standard InChI is InChI=1S/C20H34O6/c1-8-15(3)17(22)20(24,18(23)25-7)13-9-10-14(2)11-12-16(21)26-19(4,5)6/h9,13,15,17,22,24H,2,8,10-12H2,1,3-7H3/b13-9+/t15-,17+,20-/m0/s1. The number of aliphatic hydroxyl groups is 2. The highest BCUT2D eigenvalue weighted by molar-refractivity contribution is 5.82. The van der Waals surface area contributed by atoms with Gasteiger partial charge in [0, 0.05) is 6.42 Å². The molecule has 0 saturated heterocycles. The third kappa shape index (κ3) is 8.15. The SMILES string of the molecule is C=C(C/C=C/[C@@](O)(C(=O)OC)[C@H](O)[C@@H](C)CC)CCC(=O)OC(C)(C)C. The minimum absolute atomic E-state index is 0.209. The van der Waals surface area contributed by atoms with Gasteiger partial charge in [0.25, 0.3) is 0 Å². The largest absolute Gasteiger partial charge is 0.467 e. The van der Waals surface area contributed by atoms with Crippen LogP contribution in [0.1, 0.15) is 60.3 Å². The van der Waals surface area contributed by atoms with Crippen molar-refractivity contribution in [3.63, 3.8) is 0 Å². The molecule has 0 unspecified atom stereocenters. The van der Waals surface area contributed by atoms with Crippen LogP contribution in [0.5, 0.6) is 0 Å². The highest BCUT2D eigenvalue weighted by atomic mass is 16.6. The van der Waals surface area contributed by atoms with E-state index in [1.54, 1.807) is 33.8 Å². The Morgan fingerprint density at radius 1 is 1.23 bits per heavy atom. The maximum Gasteiger partial charge on any atom is 0.344 e. The highest BCUT2D eigenvalue weighted by Gasteiger charge is 2.44. The van der Waals surface area contributed by atoms with Crippen LogP contribution in [0.4, 0.5) is 0 Å². The van der Waals surface area contributed by atoms with Crippen LogP contribution < -0.4 is 0 Å². The molecule has 0 fully saturated rings. The van der Waals surface area contributed by atoms with Gasteiger partial charge in [-0.1, -0.05) is 38.5 Å². The van der Waals surface area contributed by atoms with E-state index in [1.807, 2.05) is 6.92 Å². The van der Waals surface area contributed by atoms with E-state index >= 15 is 0 Å². The Kier molecular flexibility index (Phi) is 9.81. The lowest BCUT2D eigenvalue weighted by Crippen LogP contribution is -2.51. The summed E-state index contributed by atoms with van der Waals surface area (Å²) in [6.07, 6.45) is 3.11. The molecular formula is C20H34O6. The molecule has 0 heterocycles. The van der Waals surface area contributed by atoms with Gasteiger partial charge in [0.1, 0.15) is 5.60 Å². The Morgan fingerprint density at radius 3 is 2.27 bits per heavy atom. The van der Waals surface area contributed by atoms with Crippen LogP contribution in [-0.2, 0) is 19.1 Å². The summed E-state index contributed by atoms with van der Waals surface area (Å²) in [6, 6.07) is 0. The number of ether oxygens (including phenoxy) is 2. The molecule has 26 heavy (non-hydrogen) atoms. The molecule has 0 bridgehead atoms. The van der Waals surface area contributed by atoms with E-state index in [2.05, 4.69) is 11.3 Å². The lowest BCUT2D eigenvalue weighted by Gasteiger charge is -2.31. The zero-order valence-electron chi connectivity index (χ0n) is 16.9. The molecule has 0 spiro atoms. The molecule has 0 aromatic rings. The molecular weight excluding hydrogens is 336 g/mol. The molecule has 0 aromatic carbocycles. The van der Waals surface area contributed by atoms with Gasteiger partial charge < -0.3 is 19.7 Å². The molecule has 0 aliphatic heterocycles. The van der Waals surface area contributed by atoms with Gasteiger partial charge in [-0.15, -0.1) is 0 Å². The molecule has 0 aliphatic carbocycles. The number of hydrogen-bond donors (Lipinski definition) is 2. The van der Waals surface area contributed by atoms with Crippen molar-refractivity contribution in [3.05, 3.63) is 24.3 Å². The lowest BCUT2D eigenvalue weighted by atomic mass is 9.85. The second kappa shape index (κ2) is 10.5. The molecule has 3 atom stereocenters. The minimum atomic E-state index is -2.12. The van der Waals surface area contributed by atoms with Crippen LogP contribution in [0.25, 0.3) is 0 Å². The van der Waals surface area contributed by atoms with Crippen LogP contribution in [0.15, 0.2) is 24.3 Å². The van der Waals surface area contributed by atoms with E-state index < -0.39 is 23.3 Å². The first kappa shape index (κ1) is 24.3. The number of hydrogen-bond acceptors (Lipinski definition) is 6. The Morgan fingerprint density at radius 2 is 1.81 bits per heavy atom. The maximum absolute atomic E-state index is 12.0. The molecule has 0 amide bonds. The predicted molar refractivity (Wildman–Crippen MR) is 100 cm³/mol. The second-order valence-corrected chi connectivity index (χ2v) is 7.59. The molecule has 0 aromatic heterocycles. The van der Waals surface area contributed by atoms with Crippen molar-refractivity contribution in [2.45, 2.75) is 77.6 Å². The number of carbonyl (C=O) groups excluding carboxylic acids is 2. The zero-order chi connectivity index (χ0) is 20.5. The van der Waals surface area contributed by atoms with Gasteiger partial charge in [0.15, 0.2) is 0 Å². The predicted octanol–water partition coefficient (Wildman–Crippen LogP) is 2.92. The van der Waals surface area contributed by atoms with E-state index in [4.69, 9.17) is 4.74 Å². The molecule has 0 saturated carbocycles. The number of allylic oxidation sites excluding steroid dienone is 2. The van der Waals surface area contributed by atoms with Gasteiger partial charge in [-0.2, -0.15) is 0 Å². The average Bonchev–Trinajstić information content (AvgIpc) is 2.55. The zero-order valence-corrected chi connectivity index (χ0v) is 16.9. The van der Waals surface area contributed by atoms with Crippen LogP contribution in [0.3, 0.4) is 0 Å². The summed E-state index contributed by atoms with van der Waals surface area (Å²) >= 11 is 0. The number of aliphatic hydroxyl groups excluding tert-OH is 1. The van der Waals surface area contributed by atoms with Gasteiger partial charge in [-0.05, 0) is 45.6 Å². The summed E-state index contributed by atoms with van der Waals surface area (Å²) in [5, 5.41) is 20.9. The van der Waals surface area contributed by atoms with Crippen molar-refractivity contribution in [1.82, 2.24) is 0 Å². The second-order valence-electron chi connectivity index (χ2n) is 7.59. The normalized spacial score (nSPS) is 16.6. The number of methoxy groups -OCH3 is 1. The van der Waals surface area contributed by atoms with Crippen molar-refractivity contribution < 1.29 is 29.3 Å². The first-order chi connectivity index (χ1) is 11.9. The molecule has 0 radical (unpaired) electrons. The summed E-state index contributed by atoms with van der Waals surface area (Å²) in [4.78, 5) is 23.7. The van der Waals surface area contributed by atoms with Gasteiger partial charge in [-0.25, -0.2) is 4.79 Å². The summed E-state index contributed by atoms with van der Waals surface area (Å²) in [5.74, 6) is -1.51. The summed E-state index contributed by atoms with van der Waals surface area (Å²) < 4.78 is 9.86. The van der Waals surface area contributed by atoms with Gasteiger partial charge in [0.2, 0.25) is 5.60 Å². The lowest BCUT2D eigenvalue weighted by molar-refractivity contribution is -0.170. The Balaban J connectivity index is 4.80. The van der Waals surface area contributed by atoms with E-state index in [0.29, 0.717) is 19.3 Å². The van der Waals surface area contributed by atoms with Crippen LogP contribution in [0, 0.1) is 5.92 Å². The first-order valence-corrected chi connectivity index (χ1v) is 8.92. The topological polar surface area (TPSA) is 93.1 Å². The van der Waals surface area contributed by atoms with E-state index in [1.165, 1.54) is 6.08 Å². The van der Waals surface area contributed by atoms with Crippen molar-refractivity contribution in [2.24, 2.45) is 5.92 Å². The summed E-state index contributed by atoms with van der Waals surface area (Å²) in [7, 11) is 1.16. The summed E-state index contributed by atoms with van der Waals surface area (Å²) in [6.45, 7) is 12.9. The molecule has 6 nitrogen and oxygen atoms in total. The molecule has 0 rings (SSSR count). The fraction of sp³-hybridized carbons (Fsp3) is 0.700. The number of carbonyl (C=O) groups is 2. The molecule has 150 valence electrons. The van der Waals surface area contributed by atoms with Crippen LogP contribution in [-0.4, -0.2) is 46.6 Å². The fourth-order valence-corrected chi connectivity index (χ4v) is 2.29. The fourth-order valence-electron chi connectivity index (χ4n) is 2.29. The third-order valence-corrected chi connectivity index (χ3v) is 4.03. The average molecular weight is 370 g/mol. The monoisotopic (exact) mass is 370 g/mol. The van der Waals surface area contributed by atoms with Crippen LogP contribution in [0.2, 0.25) is 0 Å². The van der Waals surface area contributed by atoms with Crippen molar-refractivity contribution in [1.29, 1.82) is 0 Å². The number of rotatable bonds is 10. The van der Waals surface area contributed by atoms with Gasteiger partial charge in [0.05, 0.1) is 13.2 Å². The Bertz CT molecular complexity index is 517. The first-order valence-electron chi connectivity index (χ1n) is 8.92. The Labute approximate surface area is 156 Å². The highest BCUT2D eigenvalue weighted by Crippen LogP contribution is 2.24. The van der Waals surface area contributed by atoms with Crippen molar-refractivity contribution in [2.75, 3.05) is 7.11 Å². The quantitative estimate of drug-likeness (QED) is 0.454. The Hall–Kier alpha value is -1.66. The van der Waals surface area contributed by atoms with E-state index in [9.17, 15) is 19.8 Å². The minimum Gasteiger partial charge on any atom is -0.467 e. The molecule has 0 aliphatic rings. The summed E-state index contributed by atoms with van der Waals surface area (Å²) in [5.41, 5.74) is -1.89. The van der Waals surface area contributed by atoms with Crippen molar-refractivity contribution in [3.8, 4) is 0 Å².